The lowest BCUT2D eigenvalue weighted by atomic mass is 9.76. The van der Waals surface area contributed by atoms with Gasteiger partial charge in [0.15, 0.2) is 0 Å². The highest BCUT2D eigenvalue weighted by atomic mass is 16.2. The van der Waals surface area contributed by atoms with Crippen LogP contribution in [0.15, 0.2) is 11.6 Å². The van der Waals surface area contributed by atoms with Crippen LogP contribution >= 0.6 is 0 Å². The van der Waals surface area contributed by atoms with Gasteiger partial charge in [0.2, 0.25) is 5.91 Å². The van der Waals surface area contributed by atoms with E-state index < -0.39 is 5.54 Å². The predicted octanol–water partition coefficient (Wildman–Crippen LogP) is 2.51. The number of hydrogen-bond donors (Lipinski definition) is 2. The third kappa shape index (κ3) is 3.35. The van der Waals surface area contributed by atoms with Crippen molar-refractivity contribution < 1.29 is 4.79 Å². The van der Waals surface area contributed by atoms with Crippen molar-refractivity contribution in [2.45, 2.75) is 63.8 Å². The molecule has 18 heavy (non-hydrogen) atoms. The van der Waals surface area contributed by atoms with Crippen molar-refractivity contribution in [3.8, 4) is 0 Å². The standard InChI is InChI=1S/C15H26N2O/c1-12-5-4-9-15(16,11-12)14(18)17-10-8-13-6-2-3-7-13/h6,12H,2-5,7-11,16H2,1H3,(H,17,18). The summed E-state index contributed by atoms with van der Waals surface area (Å²) in [5.74, 6) is 0.639. The van der Waals surface area contributed by atoms with Gasteiger partial charge in [-0.3, -0.25) is 4.79 Å². The maximum Gasteiger partial charge on any atom is 0.240 e. The largest absolute Gasteiger partial charge is 0.354 e. The molecule has 1 saturated carbocycles. The van der Waals surface area contributed by atoms with Crippen molar-refractivity contribution >= 4 is 5.91 Å². The van der Waals surface area contributed by atoms with E-state index in [4.69, 9.17) is 5.73 Å². The maximum atomic E-state index is 12.2. The van der Waals surface area contributed by atoms with Gasteiger partial charge in [-0.2, -0.15) is 0 Å². The van der Waals surface area contributed by atoms with Gasteiger partial charge < -0.3 is 11.1 Å². The van der Waals surface area contributed by atoms with Crippen LogP contribution in [0.5, 0.6) is 0 Å². The van der Waals surface area contributed by atoms with Crippen LogP contribution in [0.25, 0.3) is 0 Å². The van der Waals surface area contributed by atoms with Gasteiger partial charge in [0.25, 0.3) is 0 Å². The zero-order chi connectivity index (χ0) is 13.0. The third-order valence-corrected chi connectivity index (χ3v) is 4.35. The van der Waals surface area contributed by atoms with Crippen LogP contribution in [0.4, 0.5) is 0 Å². The number of carbonyl (C=O) groups is 1. The summed E-state index contributed by atoms with van der Waals surface area (Å²) in [6, 6.07) is 0. The van der Waals surface area contributed by atoms with Crippen molar-refractivity contribution in [1.29, 1.82) is 0 Å². The lowest BCUT2D eigenvalue weighted by Gasteiger charge is -2.35. The Bertz CT molecular complexity index is 337. The van der Waals surface area contributed by atoms with E-state index in [1.807, 2.05) is 0 Å². The maximum absolute atomic E-state index is 12.2. The topological polar surface area (TPSA) is 55.1 Å². The highest BCUT2D eigenvalue weighted by Crippen LogP contribution is 2.30. The lowest BCUT2D eigenvalue weighted by Crippen LogP contribution is -2.56. The van der Waals surface area contributed by atoms with E-state index >= 15 is 0 Å². The molecule has 3 N–H and O–H groups in total. The summed E-state index contributed by atoms with van der Waals surface area (Å²) in [7, 11) is 0. The molecule has 1 amide bonds. The first-order valence-electron chi connectivity index (χ1n) is 7.35. The monoisotopic (exact) mass is 250 g/mol. The number of amides is 1. The van der Waals surface area contributed by atoms with E-state index in [2.05, 4.69) is 18.3 Å². The molecule has 0 aromatic heterocycles. The van der Waals surface area contributed by atoms with Crippen LogP contribution in [0.3, 0.4) is 0 Å². The Hall–Kier alpha value is -0.830. The molecule has 2 rings (SSSR count). The minimum absolute atomic E-state index is 0.0626. The van der Waals surface area contributed by atoms with Gasteiger partial charge in [-0.15, -0.1) is 0 Å². The van der Waals surface area contributed by atoms with Crippen molar-refractivity contribution in [3.63, 3.8) is 0 Å². The van der Waals surface area contributed by atoms with Crippen molar-refractivity contribution in [2.75, 3.05) is 6.54 Å². The molecule has 2 aliphatic carbocycles. The van der Waals surface area contributed by atoms with E-state index in [-0.39, 0.29) is 5.91 Å². The summed E-state index contributed by atoms with van der Waals surface area (Å²) in [5.41, 5.74) is 7.15. The van der Waals surface area contributed by atoms with E-state index in [9.17, 15) is 4.79 Å². The van der Waals surface area contributed by atoms with Gasteiger partial charge >= 0.3 is 0 Å². The molecule has 0 heterocycles. The van der Waals surface area contributed by atoms with Crippen LogP contribution < -0.4 is 11.1 Å². The first-order valence-corrected chi connectivity index (χ1v) is 7.35. The lowest BCUT2D eigenvalue weighted by molar-refractivity contribution is -0.128. The highest BCUT2D eigenvalue weighted by Gasteiger charge is 2.37. The molecule has 0 radical (unpaired) electrons. The number of hydrogen-bond acceptors (Lipinski definition) is 2. The molecule has 0 aliphatic heterocycles. The fourth-order valence-electron chi connectivity index (χ4n) is 3.28. The van der Waals surface area contributed by atoms with Crippen LogP contribution in [-0.4, -0.2) is 18.0 Å². The Morgan fingerprint density at radius 2 is 2.39 bits per heavy atom. The zero-order valence-corrected chi connectivity index (χ0v) is 11.5. The van der Waals surface area contributed by atoms with E-state index in [1.54, 1.807) is 0 Å². The number of nitrogens with one attached hydrogen (secondary N) is 1. The zero-order valence-electron chi connectivity index (χ0n) is 11.5. The van der Waals surface area contributed by atoms with Crippen LogP contribution in [0.1, 0.15) is 58.3 Å². The molecule has 0 aromatic rings. The summed E-state index contributed by atoms with van der Waals surface area (Å²) >= 11 is 0. The van der Waals surface area contributed by atoms with E-state index in [0.29, 0.717) is 5.92 Å². The molecule has 0 spiro atoms. The number of carbonyl (C=O) groups excluding carboxylic acids is 1. The Labute approximate surface area is 110 Å². The van der Waals surface area contributed by atoms with Gasteiger partial charge in [0.05, 0.1) is 5.54 Å². The molecule has 0 saturated heterocycles. The minimum Gasteiger partial charge on any atom is -0.354 e. The Morgan fingerprint density at radius 3 is 3.06 bits per heavy atom. The highest BCUT2D eigenvalue weighted by molar-refractivity contribution is 5.86. The van der Waals surface area contributed by atoms with E-state index in [0.717, 1.165) is 32.2 Å². The van der Waals surface area contributed by atoms with Gasteiger partial charge in [0, 0.05) is 6.54 Å². The Balaban J connectivity index is 1.76. The Kier molecular flexibility index (Phi) is 4.44. The van der Waals surface area contributed by atoms with Gasteiger partial charge in [-0.05, 0) is 44.4 Å². The number of allylic oxidation sites excluding steroid dienone is 1. The molecule has 3 heteroatoms. The fraction of sp³-hybridized carbons (Fsp3) is 0.800. The van der Waals surface area contributed by atoms with Gasteiger partial charge in [-0.25, -0.2) is 0 Å². The second kappa shape index (κ2) is 5.87. The predicted molar refractivity (Wildman–Crippen MR) is 74.1 cm³/mol. The normalized spacial score (nSPS) is 32.1. The molecule has 2 unspecified atom stereocenters. The quantitative estimate of drug-likeness (QED) is 0.753. The average molecular weight is 250 g/mol. The number of nitrogens with two attached hydrogens (primary N) is 1. The second-order valence-electron chi connectivity index (χ2n) is 6.12. The minimum atomic E-state index is -0.609. The fourth-order valence-corrected chi connectivity index (χ4v) is 3.28. The molecular formula is C15H26N2O. The summed E-state index contributed by atoms with van der Waals surface area (Å²) in [4.78, 5) is 12.2. The summed E-state index contributed by atoms with van der Waals surface area (Å²) in [6.45, 7) is 2.94. The van der Waals surface area contributed by atoms with Crippen LogP contribution in [0, 0.1) is 5.92 Å². The summed E-state index contributed by atoms with van der Waals surface area (Å²) < 4.78 is 0. The van der Waals surface area contributed by atoms with Gasteiger partial charge in [-0.1, -0.05) is 31.4 Å². The first kappa shape index (κ1) is 13.6. The van der Waals surface area contributed by atoms with Crippen LogP contribution in [0.2, 0.25) is 0 Å². The van der Waals surface area contributed by atoms with E-state index in [1.165, 1.54) is 31.3 Å². The van der Waals surface area contributed by atoms with Crippen molar-refractivity contribution in [1.82, 2.24) is 5.32 Å². The van der Waals surface area contributed by atoms with Crippen molar-refractivity contribution in [2.24, 2.45) is 11.7 Å². The molecule has 102 valence electrons. The second-order valence-corrected chi connectivity index (χ2v) is 6.12. The molecule has 3 nitrogen and oxygen atoms in total. The van der Waals surface area contributed by atoms with Crippen molar-refractivity contribution in [3.05, 3.63) is 11.6 Å². The Morgan fingerprint density at radius 1 is 1.56 bits per heavy atom. The molecule has 2 aliphatic rings. The molecule has 0 bridgehead atoms. The average Bonchev–Trinajstić information content (AvgIpc) is 2.81. The summed E-state index contributed by atoms with van der Waals surface area (Å²) in [5, 5.41) is 3.04. The summed E-state index contributed by atoms with van der Waals surface area (Å²) in [6.07, 6.45) is 11.0. The molecular weight excluding hydrogens is 224 g/mol. The third-order valence-electron chi connectivity index (χ3n) is 4.35. The first-order chi connectivity index (χ1) is 8.60. The SMILES string of the molecule is CC1CCCC(N)(C(=O)NCCC2=CCCC2)C1. The van der Waals surface area contributed by atoms with Gasteiger partial charge in [0.1, 0.15) is 0 Å². The van der Waals surface area contributed by atoms with Crippen LogP contribution in [-0.2, 0) is 4.79 Å². The smallest absolute Gasteiger partial charge is 0.240 e. The molecule has 1 fully saturated rings. The molecule has 2 atom stereocenters. The number of rotatable bonds is 4. The molecule has 0 aromatic carbocycles.